The maximum atomic E-state index is 6.25. The van der Waals surface area contributed by atoms with Crippen LogP contribution in [0.4, 0.5) is 5.88 Å². The molecule has 0 bridgehead atoms. The maximum Gasteiger partial charge on any atom is 0.202 e. The normalized spacial score (nSPS) is 12.8. The molecule has 3 aromatic heterocycles. The number of furan rings is 2. The van der Waals surface area contributed by atoms with Gasteiger partial charge in [0.25, 0.3) is 0 Å². The van der Waals surface area contributed by atoms with E-state index in [1.807, 2.05) is 66.7 Å². The number of nitrogens with one attached hydrogen (secondary N) is 1. The quantitative estimate of drug-likeness (QED) is 0.211. The molecule has 0 saturated heterocycles. The third kappa shape index (κ3) is 4.09. The average molecular weight is 619 g/mol. The number of nitrogens with zero attached hydrogens (tertiary/aromatic N) is 3. The molecule has 1 N–H and O–H groups in total. The van der Waals surface area contributed by atoms with Crippen LogP contribution in [0.3, 0.4) is 0 Å². The van der Waals surface area contributed by atoms with Crippen molar-refractivity contribution in [3.8, 4) is 33.9 Å². The Morgan fingerprint density at radius 1 is 0.458 bits per heavy atom. The Kier molecular flexibility index (Phi) is 5.84. The van der Waals surface area contributed by atoms with Crippen molar-refractivity contribution < 1.29 is 8.83 Å². The van der Waals surface area contributed by atoms with Crippen molar-refractivity contribution in [2.75, 3.05) is 11.9 Å². The lowest BCUT2D eigenvalue weighted by Crippen LogP contribution is -2.10. The molecule has 1 aliphatic heterocycles. The van der Waals surface area contributed by atoms with Crippen LogP contribution in [0.2, 0.25) is 0 Å². The summed E-state index contributed by atoms with van der Waals surface area (Å²) in [6.07, 6.45) is 2.13. The molecule has 0 atom stereocenters. The lowest BCUT2D eigenvalue weighted by molar-refractivity contribution is 0.627. The molecule has 10 rings (SSSR count). The average Bonchev–Trinajstić information content (AvgIpc) is 3.73. The van der Waals surface area contributed by atoms with Crippen LogP contribution in [0.1, 0.15) is 11.4 Å². The van der Waals surface area contributed by atoms with Gasteiger partial charge in [0.15, 0.2) is 17.5 Å². The van der Waals surface area contributed by atoms with Crippen molar-refractivity contribution in [1.29, 1.82) is 0 Å². The van der Waals surface area contributed by atoms with Gasteiger partial charge in [0, 0.05) is 39.4 Å². The van der Waals surface area contributed by atoms with Gasteiger partial charge in [-0.3, -0.25) is 0 Å². The maximum absolute atomic E-state index is 6.25. The second kappa shape index (κ2) is 10.5. The van der Waals surface area contributed by atoms with Crippen LogP contribution in [0.25, 0.3) is 83.2 Å². The fourth-order valence-electron chi connectivity index (χ4n) is 7.05. The van der Waals surface area contributed by atoms with E-state index >= 15 is 0 Å². The first-order valence-electron chi connectivity index (χ1n) is 16.0. The Balaban J connectivity index is 1.20. The molecular formula is C42H26N4O2. The first-order valence-corrected chi connectivity index (χ1v) is 16.0. The van der Waals surface area contributed by atoms with Gasteiger partial charge in [0.1, 0.15) is 16.7 Å². The molecule has 0 unspecified atom stereocenters. The van der Waals surface area contributed by atoms with Crippen LogP contribution >= 0.6 is 0 Å². The third-order valence-corrected chi connectivity index (χ3v) is 9.20. The summed E-state index contributed by atoms with van der Waals surface area (Å²) in [5.74, 6) is 2.57. The summed E-state index contributed by atoms with van der Waals surface area (Å²) >= 11 is 0. The number of aromatic nitrogens is 3. The van der Waals surface area contributed by atoms with Gasteiger partial charge in [-0.1, -0.05) is 115 Å². The fourth-order valence-corrected chi connectivity index (χ4v) is 7.05. The summed E-state index contributed by atoms with van der Waals surface area (Å²) in [6.45, 7) is 0.607. The summed E-state index contributed by atoms with van der Waals surface area (Å²) in [5, 5.41) is 8.80. The second-order valence-corrected chi connectivity index (χ2v) is 12.0. The Morgan fingerprint density at radius 3 is 1.92 bits per heavy atom. The molecule has 0 radical (unpaired) electrons. The summed E-state index contributed by atoms with van der Waals surface area (Å²) in [7, 11) is 0. The lowest BCUT2D eigenvalue weighted by Gasteiger charge is -2.16. The van der Waals surface area contributed by atoms with Gasteiger partial charge in [0.05, 0.1) is 5.56 Å². The smallest absolute Gasteiger partial charge is 0.202 e. The van der Waals surface area contributed by atoms with Crippen molar-refractivity contribution in [3.05, 3.63) is 151 Å². The Labute approximate surface area is 275 Å². The number of hydrogen-bond donors (Lipinski definition) is 1. The van der Waals surface area contributed by atoms with Crippen LogP contribution in [0.5, 0.6) is 0 Å². The molecule has 0 amide bonds. The van der Waals surface area contributed by atoms with Crippen molar-refractivity contribution >= 4 is 55.1 Å². The number of fused-ring (bicyclic) bond motifs is 7. The molecule has 6 aromatic carbocycles. The van der Waals surface area contributed by atoms with Crippen LogP contribution in [0.15, 0.2) is 148 Å². The molecule has 48 heavy (non-hydrogen) atoms. The summed E-state index contributed by atoms with van der Waals surface area (Å²) in [5.41, 5.74) is 8.58. The van der Waals surface area contributed by atoms with Crippen molar-refractivity contribution in [1.82, 2.24) is 15.0 Å². The predicted octanol–water partition coefficient (Wildman–Crippen LogP) is 10.5. The highest BCUT2D eigenvalue weighted by atomic mass is 16.4. The molecule has 1 aliphatic rings. The Morgan fingerprint density at radius 2 is 1.08 bits per heavy atom. The predicted molar refractivity (Wildman–Crippen MR) is 193 cm³/mol. The van der Waals surface area contributed by atoms with Crippen LogP contribution in [-0.4, -0.2) is 21.5 Å². The fraction of sp³-hybridized carbons (Fsp3) is 0.0238. The zero-order valence-corrected chi connectivity index (χ0v) is 25.6. The standard InChI is InChI=1S/C42H26N4O2/c1-2-11-25(12-3-1)39-44-40(46-41(45-39)33-23-24-43-42-38(33)32-16-7-9-19-35(32)48-42)30-22-21-28(26-13-4-5-14-27(26)30)29-17-10-20-36-37(29)31-15-6-8-18-34(31)47-36/h1-23,43H,24H2. The molecule has 9 aromatic rings. The monoisotopic (exact) mass is 618 g/mol. The highest BCUT2D eigenvalue weighted by Gasteiger charge is 2.25. The van der Waals surface area contributed by atoms with Gasteiger partial charge in [0.2, 0.25) is 5.88 Å². The molecule has 6 nitrogen and oxygen atoms in total. The van der Waals surface area contributed by atoms with Gasteiger partial charge >= 0.3 is 0 Å². The molecular weight excluding hydrogens is 592 g/mol. The van der Waals surface area contributed by atoms with E-state index in [1.165, 1.54) is 0 Å². The van der Waals surface area contributed by atoms with Crippen LogP contribution < -0.4 is 5.32 Å². The van der Waals surface area contributed by atoms with Crippen molar-refractivity contribution in [3.63, 3.8) is 0 Å². The van der Waals surface area contributed by atoms with Crippen molar-refractivity contribution in [2.45, 2.75) is 0 Å². The Bertz CT molecular complexity index is 2740. The minimum Gasteiger partial charge on any atom is -0.456 e. The van der Waals surface area contributed by atoms with E-state index in [-0.39, 0.29) is 0 Å². The number of para-hydroxylation sites is 2. The van der Waals surface area contributed by atoms with E-state index in [4.69, 9.17) is 23.8 Å². The van der Waals surface area contributed by atoms with E-state index in [2.05, 4.69) is 78.1 Å². The number of rotatable bonds is 4. The van der Waals surface area contributed by atoms with E-state index in [0.29, 0.717) is 24.0 Å². The van der Waals surface area contributed by atoms with Gasteiger partial charge in [-0.15, -0.1) is 0 Å². The van der Waals surface area contributed by atoms with Crippen LogP contribution in [-0.2, 0) is 0 Å². The topological polar surface area (TPSA) is 77.0 Å². The highest BCUT2D eigenvalue weighted by Crippen LogP contribution is 2.43. The molecule has 6 heteroatoms. The van der Waals surface area contributed by atoms with Crippen LogP contribution in [0, 0.1) is 0 Å². The number of hydrogen-bond acceptors (Lipinski definition) is 6. The second-order valence-electron chi connectivity index (χ2n) is 12.0. The molecule has 0 aliphatic carbocycles. The molecule has 226 valence electrons. The molecule has 0 saturated carbocycles. The first-order chi connectivity index (χ1) is 23.8. The summed E-state index contributed by atoms with van der Waals surface area (Å²) in [6, 6.07) is 45.5. The lowest BCUT2D eigenvalue weighted by atomic mass is 9.92. The molecule has 0 fully saturated rings. The van der Waals surface area contributed by atoms with E-state index in [0.717, 1.165) is 83.0 Å². The third-order valence-electron chi connectivity index (χ3n) is 9.20. The zero-order chi connectivity index (χ0) is 31.6. The van der Waals surface area contributed by atoms with E-state index < -0.39 is 0 Å². The van der Waals surface area contributed by atoms with E-state index in [9.17, 15) is 0 Å². The van der Waals surface area contributed by atoms with E-state index in [1.54, 1.807) is 0 Å². The Hall–Kier alpha value is -6.53. The minimum absolute atomic E-state index is 0.607. The molecule has 0 spiro atoms. The highest BCUT2D eigenvalue weighted by molar-refractivity contribution is 6.16. The van der Waals surface area contributed by atoms with Gasteiger partial charge < -0.3 is 14.2 Å². The minimum atomic E-state index is 0.607. The largest absolute Gasteiger partial charge is 0.456 e. The first kappa shape index (κ1) is 26.7. The van der Waals surface area contributed by atoms with Gasteiger partial charge in [-0.05, 0) is 46.2 Å². The molecule has 4 heterocycles. The SMILES string of the molecule is C1=C(c2nc(-c3ccccc3)nc(-c3ccc(-c4cccc5oc6ccccc6c45)c4ccccc34)n2)c2c(oc3ccccc23)NC1. The summed E-state index contributed by atoms with van der Waals surface area (Å²) in [4.78, 5) is 15.4. The summed E-state index contributed by atoms with van der Waals surface area (Å²) < 4.78 is 12.5. The van der Waals surface area contributed by atoms with Crippen molar-refractivity contribution in [2.24, 2.45) is 0 Å². The number of benzene rings is 6. The number of anilines is 1. The van der Waals surface area contributed by atoms with Gasteiger partial charge in [-0.2, -0.15) is 0 Å². The van der Waals surface area contributed by atoms with Gasteiger partial charge in [-0.25, -0.2) is 15.0 Å². The zero-order valence-electron chi connectivity index (χ0n) is 25.6.